The summed E-state index contributed by atoms with van der Waals surface area (Å²) in [5.74, 6) is -1.93. The first-order chi connectivity index (χ1) is 11.1. The van der Waals surface area contributed by atoms with E-state index >= 15 is 0 Å². The maximum atomic E-state index is 13.6. The van der Waals surface area contributed by atoms with Gasteiger partial charge in [-0.3, -0.25) is 9.69 Å². The van der Waals surface area contributed by atoms with E-state index in [2.05, 4.69) is 5.32 Å². The third-order valence-corrected chi connectivity index (χ3v) is 4.12. The van der Waals surface area contributed by atoms with Gasteiger partial charge in [-0.1, -0.05) is 36.4 Å². The lowest BCUT2D eigenvalue weighted by atomic mass is 10.0. The second-order valence-corrected chi connectivity index (χ2v) is 5.68. The number of benzene rings is 2. The number of rotatable bonds is 4. The maximum absolute atomic E-state index is 13.6. The Hall–Kier alpha value is -2.27. The summed E-state index contributed by atoms with van der Waals surface area (Å²) in [6.07, 6.45) is 1.98. The molecule has 1 N–H and O–H groups in total. The molecule has 2 aromatic rings. The Morgan fingerprint density at radius 1 is 1.09 bits per heavy atom. The molecule has 0 saturated carbocycles. The lowest BCUT2D eigenvalue weighted by molar-refractivity contribution is -0.117. The second kappa shape index (κ2) is 6.87. The Kier molecular flexibility index (Phi) is 4.67. The molecule has 1 aliphatic rings. The molecule has 0 aromatic heterocycles. The van der Waals surface area contributed by atoms with Gasteiger partial charge in [0.2, 0.25) is 5.91 Å². The van der Waals surface area contributed by atoms with E-state index < -0.39 is 17.5 Å². The molecule has 0 aliphatic carbocycles. The molecular formula is C18H18F2N2O. The van der Waals surface area contributed by atoms with E-state index in [1.54, 1.807) is 0 Å². The van der Waals surface area contributed by atoms with Gasteiger partial charge in [0.15, 0.2) is 0 Å². The summed E-state index contributed by atoms with van der Waals surface area (Å²) < 4.78 is 27.2. The van der Waals surface area contributed by atoms with E-state index in [0.29, 0.717) is 0 Å². The molecule has 23 heavy (non-hydrogen) atoms. The number of carbonyl (C=O) groups excluding carboxylic acids is 1. The molecule has 120 valence electrons. The summed E-state index contributed by atoms with van der Waals surface area (Å²) in [5, 5.41) is 2.35. The minimum absolute atomic E-state index is 0.118. The van der Waals surface area contributed by atoms with Crippen molar-refractivity contribution in [1.82, 2.24) is 4.90 Å². The molecule has 1 fully saturated rings. The molecule has 1 heterocycles. The van der Waals surface area contributed by atoms with Crippen LogP contribution in [0.4, 0.5) is 14.5 Å². The number of nitrogens with one attached hydrogen (secondary N) is 1. The van der Waals surface area contributed by atoms with Crippen LogP contribution >= 0.6 is 0 Å². The van der Waals surface area contributed by atoms with Crippen molar-refractivity contribution in [2.45, 2.75) is 18.9 Å². The Morgan fingerprint density at radius 3 is 2.48 bits per heavy atom. The first-order valence-electron chi connectivity index (χ1n) is 7.68. The van der Waals surface area contributed by atoms with Gasteiger partial charge < -0.3 is 5.32 Å². The van der Waals surface area contributed by atoms with E-state index in [4.69, 9.17) is 0 Å². The number of anilines is 1. The van der Waals surface area contributed by atoms with Crippen molar-refractivity contribution in [3.05, 3.63) is 65.7 Å². The van der Waals surface area contributed by atoms with Gasteiger partial charge in [-0.15, -0.1) is 0 Å². The smallest absolute Gasteiger partial charge is 0.238 e. The lowest BCUT2D eigenvalue weighted by Gasteiger charge is -2.24. The third-order valence-electron chi connectivity index (χ3n) is 4.12. The van der Waals surface area contributed by atoms with Crippen LogP contribution in [0.1, 0.15) is 24.4 Å². The summed E-state index contributed by atoms with van der Waals surface area (Å²) in [4.78, 5) is 14.2. The van der Waals surface area contributed by atoms with Crippen LogP contribution in [-0.4, -0.2) is 23.9 Å². The van der Waals surface area contributed by atoms with Crippen molar-refractivity contribution in [2.24, 2.45) is 0 Å². The van der Waals surface area contributed by atoms with Crippen LogP contribution in [0.15, 0.2) is 48.5 Å². The van der Waals surface area contributed by atoms with Crippen molar-refractivity contribution in [2.75, 3.05) is 18.4 Å². The largest absolute Gasteiger partial charge is 0.320 e. The molecule has 5 heteroatoms. The predicted molar refractivity (Wildman–Crippen MR) is 85.0 cm³/mol. The van der Waals surface area contributed by atoms with Crippen LogP contribution in [0.25, 0.3) is 0 Å². The highest BCUT2D eigenvalue weighted by atomic mass is 19.1. The zero-order valence-electron chi connectivity index (χ0n) is 12.6. The standard InChI is InChI=1S/C18H18F2N2O/c19-14-8-4-9-15(20)18(14)21-17(23)12-22-11-5-10-16(22)13-6-2-1-3-7-13/h1-4,6-9,16H,5,10-12H2,(H,21,23). The van der Waals surface area contributed by atoms with Crippen LogP contribution in [0, 0.1) is 11.6 Å². The van der Waals surface area contributed by atoms with E-state index in [1.165, 1.54) is 6.07 Å². The normalized spacial score (nSPS) is 18.1. The molecule has 0 bridgehead atoms. The Balaban J connectivity index is 1.68. The quantitative estimate of drug-likeness (QED) is 0.932. The van der Waals surface area contributed by atoms with Gasteiger partial charge in [0.25, 0.3) is 0 Å². The number of likely N-dealkylation sites (tertiary alicyclic amines) is 1. The lowest BCUT2D eigenvalue weighted by Crippen LogP contribution is -2.33. The minimum Gasteiger partial charge on any atom is -0.320 e. The van der Waals surface area contributed by atoms with Crippen molar-refractivity contribution < 1.29 is 13.6 Å². The Labute approximate surface area is 133 Å². The van der Waals surface area contributed by atoms with Gasteiger partial charge in [-0.25, -0.2) is 8.78 Å². The fourth-order valence-corrected chi connectivity index (χ4v) is 3.05. The average Bonchev–Trinajstić information content (AvgIpc) is 3.00. The molecule has 1 aliphatic heterocycles. The zero-order valence-corrected chi connectivity index (χ0v) is 12.6. The van der Waals surface area contributed by atoms with Crippen molar-refractivity contribution in [3.63, 3.8) is 0 Å². The maximum Gasteiger partial charge on any atom is 0.238 e. The number of halogens is 2. The number of hydrogen-bond donors (Lipinski definition) is 1. The molecule has 1 atom stereocenters. The number of nitrogens with zero attached hydrogens (tertiary/aromatic N) is 1. The summed E-state index contributed by atoms with van der Waals surface area (Å²) in [6.45, 7) is 0.917. The topological polar surface area (TPSA) is 32.3 Å². The highest BCUT2D eigenvalue weighted by Gasteiger charge is 2.27. The van der Waals surface area contributed by atoms with Gasteiger partial charge in [0, 0.05) is 6.04 Å². The van der Waals surface area contributed by atoms with Gasteiger partial charge >= 0.3 is 0 Å². The Bertz CT molecular complexity index is 670. The fourth-order valence-electron chi connectivity index (χ4n) is 3.05. The average molecular weight is 316 g/mol. The number of hydrogen-bond acceptors (Lipinski definition) is 2. The molecule has 2 aromatic carbocycles. The summed E-state index contributed by atoms with van der Waals surface area (Å²) in [7, 11) is 0. The van der Waals surface area contributed by atoms with Crippen molar-refractivity contribution in [3.8, 4) is 0 Å². The third kappa shape index (κ3) is 3.56. The van der Waals surface area contributed by atoms with E-state index in [9.17, 15) is 13.6 Å². The van der Waals surface area contributed by atoms with Crippen LogP contribution in [0.2, 0.25) is 0 Å². The van der Waals surface area contributed by atoms with Crippen molar-refractivity contribution in [1.29, 1.82) is 0 Å². The molecule has 1 saturated heterocycles. The highest BCUT2D eigenvalue weighted by molar-refractivity contribution is 5.92. The van der Waals surface area contributed by atoms with E-state index in [1.807, 2.05) is 35.2 Å². The number of carbonyl (C=O) groups is 1. The van der Waals surface area contributed by atoms with Gasteiger partial charge in [0.05, 0.1) is 6.54 Å². The SMILES string of the molecule is O=C(CN1CCCC1c1ccccc1)Nc1c(F)cccc1F. The van der Waals surface area contributed by atoms with Crippen LogP contribution in [0.5, 0.6) is 0 Å². The van der Waals surface area contributed by atoms with Crippen LogP contribution in [0.3, 0.4) is 0 Å². The van der Waals surface area contributed by atoms with E-state index in [0.717, 1.165) is 37.1 Å². The first kappa shape index (κ1) is 15.6. The van der Waals surface area contributed by atoms with Gasteiger partial charge in [-0.2, -0.15) is 0 Å². The number of amides is 1. The second-order valence-electron chi connectivity index (χ2n) is 5.68. The highest BCUT2D eigenvalue weighted by Crippen LogP contribution is 2.31. The first-order valence-corrected chi connectivity index (χ1v) is 7.68. The number of para-hydroxylation sites is 1. The molecule has 0 spiro atoms. The van der Waals surface area contributed by atoms with Gasteiger partial charge in [0.1, 0.15) is 17.3 Å². The minimum atomic E-state index is -0.764. The molecule has 1 unspecified atom stereocenters. The summed E-state index contributed by atoms with van der Waals surface area (Å²) >= 11 is 0. The molecule has 0 radical (unpaired) electrons. The summed E-state index contributed by atoms with van der Waals surface area (Å²) in [6, 6.07) is 13.7. The fraction of sp³-hybridized carbons (Fsp3) is 0.278. The molecular weight excluding hydrogens is 298 g/mol. The van der Waals surface area contributed by atoms with E-state index in [-0.39, 0.29) is 18.3 Å². The van der Waals surface area contributed by atoms with Crippen LogP contribution < -0.4 is 5.32 Å². The molecule has 1 amide bonds. The Morgan fingerprint density at radius 2 is 1.78 bits per heavy atom. The zero-order chi connectivity index (χ0) is 16.2. The molecule has 3 rings (SSSR count). The monoisotopic (exact) mass is 316 g/mol. The molecule has 3 nitrogen and oxygen atoms in total. The van der Waals surface area contributed by atoms with Crippen molar-refractivity contribution >= 4 is 11.6 Å². The predicted octanol–water partition coefficient (Wildman–Crippen LogP) is 3.74. The van der Waals surface area contributed by atoms with Crippen LogP contribution in [-0.2, 0) is 4.79 Å². The summed E-state index contributed by atoms with van der Waals surface area (Å²) in [5.41, 5.74) is 0.780. The van der Waals surface area contributed by atoms with Gasteiger partial charge in [-0.05, 0) is 37.1 Å².